The molecule has 1 saturated heterocycles. The van der Waals surface area contributed by atoms with Gasteiger partial charge in [0.05, 0.1) is 11.4 Å². The van der Waals surface area contributed by atoms with Gasteiger partial charge >= 0.3 is 6.09 Å². The van der Waals surface area contributed by atoms with E-state index in [0.717, 1.165) is 19.3 Å². The number of amides is 1. The first-order valence-electron chi connectivity index (χ1n) is 7.97. The number of hydrogen-bond acceptors (Lipinski definition) is 5. The van der Waals surface area contributed by atoms with Crippen molar-refractivity contribution >= 4 is 33.3 Å². The molecule has 0 saturated carbocycles. The smallest absolute Gasteiger partial charge is 0.411 e. The van der Waals surface area contributed by atoms with Crippen LogP contribution in [0.3, 0.4) is 0 Å². The Bertz CT molecular complexity index is 733. The van der Waals surface area contributed by atoms with Crippen molar-refractivity contribution in [2.75, 3.05) is 18.3 Å². The van der Waals surface area contributed by atoms with Crippen LogP contribution in [-0.4, -0.2) is 42.7 Å². The molecule has 0 radical (unpaired) electrons. The molecule has 1 atom stereocenters. The van der Waals surface area contributed by atoms with E-state index >= 15 is 0 Å². The van der Waals surface area contributed by atoms with Gasteiger partial charge in [-0.2, -0.15) is 4.72 Å². The molecule has 0 bridgehead atoms. The van der Waals surface area contributed by atoms with E-state index in [-0.39, 0.29) is 5.69 Å². The van der Waals surface area contributed by atoms with Gasteiger partial charge in [0.1, 0.15) is 5.21 Å². The number of carbonyl (C=O) groups is 1. The maximum absolute atomic E-state index is 12.4. The topological polar surface area (TPSA) is 88.6 Å². The molecule has 1 amide bonds. The fourth-order valence-electron chi connectivity index (χ4n) is 2.43. The maximum atomic E-state index is 12.4. The highest BCUT2D eigenvalue weighted by Gasteiger charge is 2.27. The fourth-order valence-corrected chi connectivity index (χ4v) is 3.17. The van der Waals surface area contributed by atoms with Gasteiger partial charge in [0.2, 0.25) is 16.3 Å². The Balaban J connectivity index is 2.24. The average molecular weight is 388 g/mol. The predicted octanol–water partition coefficient (Wildman–Crippen LogP) is 2.85. The van der Waals surface area contributed by atoms with Gasteiger partial charge in [-0.25, -0.2) is 18.2 Å². The maximum Gasteiger partial charge on any atom is 0.411 e. The summed E-state index contributed by atoms with van der Waals surface area (Å²) >= 11 is 5.46. The Morgan fingerprint density at radius 3 is 2.68 bits per heavy atom. The lowest BCUT2D eigenvalue weighted by molar-refractivity contribution is 0.0509. The quantitative estimate of drug-likeness (QED) is 0.598. The van der Waals surface area contributed by atoms with E-state index in [4.69, 9.17) is 16.3 Å². The van der Waals surface area contributed by atoms with Gasteiger partial charge in [-0.3, -0.25) is 0 Å². The molecule has 1 aromatic heterocycles. The van der Waals surface area contributed by atoms with E-state index in [1.165, 1.54) is 0 Å². The summed E-state index contributed by atoms with van der Waals surface area (Å²) in [6.45, 7) is 6.77. The monoisotopic (exact) mass is 387 g/mol. The van der Waals surface area contributed by atoms with Crippen LogP contribution in [0, 0.1) is 0 Å². The molecule has 0 aromatic carbocycles. The van der Waals surface area contributed by atoms with Crippen LogP contribution in [0.15, 0.2) is 24.8 Å². The number of carbonyl (C=O) groups excluding carboxylic acids is 1. The first-order chi connectivity index (χ1) is 11.8. The largest absolute Gasteiger partial charge is 0.423 e. The molecule has 2 rings (SSSR count). The van der Waals surface area contributed by atoms with Gasteiger partial charge in [-0.15, -0.1) is 11.6 Å². The van der Waals surface area contributed by atoms with Crippen LogP contribution in [0.1, 0.15) is 43.8 Å². The van der Waals surface area contributed by atoms with Crippen LogP contribution in [0.25, 0.3) is 5.57 Å². The molecule has 138 valence electrons. The molecule has 1 fully saturated rings. The van der Waals surface area contributed by atoms with Crippen molar-refractivity contribution in [1.82, 2.24) is 14.6 Å². The van der Waals surface area contributed by atoms with E-state index in [9.17, 15) is 13.2 Å². The minimum atomic E-state index is -3.82. The summed E-state index contributed by atoms with van der Waals surface area (Å²) in [5.41, 5.74) is 1.56. The van der Waals surface area contributed by atoms with Crippen molar-refractivity contribution in [2.45, 2.75) is 32.4 Å². The van der Waals surface area contributed by atoms with E-state index < -0.39 is 27.6 Å². The summed E-state index contributed by atoms with van der Waals surface area (Å²) in [4.78, 5) is 18.3. The standard InChI is InChI=1S/C16H22ClN3O4S/c1-12(2)13-7-6-8-14(18-13)15(19-25(22,23)11-17)24-16(21)20-9-4-3-5-10-20/h6-8,15,19H,1,3-5,9-11H2,2H3. The number of alkyl halides is 1. The lowest BCUT2D eigenvalue weighted by Gasteiger charge is -2.28. The van der Waals surface area contributed by atoms with Gasteiger partial charge in [0, 0.05) is 13.1 Å². The molecule has 1 aromatic rings. The second kappa shape index (κ2) is 8.64. The Morgan fingerprint density at radius 2 is 2.08 bits per heavy atom. The highest BCUT2D eigenvalue weighted by molar-refractivity contribution is 7.90. The number of pyridine rings is 1. The second-order valence-corrected chi connectivity index (χ2v) is 8.22. The first-order valence-corrected chi connectivity index (χ1v) is 10.2. The summed E-state index contributed by atoms with van der Waals surface area (Å²) in [6.07, 6.45) is 1.03. The third-order valence-corrected chi connectivity index (χ3v) is 5.46. The van der Waals surface area contributed by atoms with Gasteiger partial charge in [-0.1, -0.05) is 12.6 Å². The zero-order chi connectivity index (χ0) is 18.4. The number of ether oxygens (including phenoxy) is 1. The highest BCUT2D eigenvalue weighted by Crippen LogP contribution is 2.20. The van der Waals surface area contributed by atoms with Crippen molar-refractivity contribution in [2.24, 2.45) is 0 Å². The Labute approximate surface area is 153 Å². The second-order valence-electron chi connectivity index (χ2n) is 5.88. The number of halogens is 1. The van der Waals surface area contributed by atoms with Crippen LogP contribution in [0.4, 0.5) is 4.79 Å². The van der Waals surface area contributed by atoms with E-state index in [2.05, 4.69) is 16.3 Å². The molecule has 1 unspecified atom stereocenters. The van der Waals surface area contributed by atoms with Crippen molar-refractivity contribution in [3.63, 3.8) is 0 Å². The third-order valence-electron chi connectivity index (χ3n) is 3.74. The predicted molar refractivity (Wildman–Crippen MR) is 96.4 cm³/mol. The molecule has 1 aliphatic rings. The van der Waals surface area contributed by atoms with E-state index in [1.54, 1.807) is 30.0 Å². The summed E-state index contributed by atoms with van der Waals surface area (Å²) in [7, 11) is -3.82. The summed E-state index contributed by atoms with van der Waals surface area (Å²) < 4.78 is 31.4. The van der Waals surface area contributed by atoms with Crippen LogP contribution >= 0.6 is 11.6 Å². The molecule has 0 spiro atoms. The molecular formula is C16H22ClN3O4S. The van der Waals surface area contributed by atoms with Crippen molar-refractivity contribution in [3.05, 3.63) is 36.2 Å². The number of piperidine rings is 1. The number of allylic oxidation sites excluding steroid dienone is 1. The number of rotatable bonds is 6. The molecule has 0 aliphatic carbocycles. The van der Waals surface area contributed by atoms with Crippen molar-refractivity contribution in [3.8, 4) is 0 Å². The van der Waals surface area contributed by atoms with Crippen LogP contribution < -0.4 is 4.72 Å². The van der Waals surface area contributed by atoms with Gasteiger partial charge in [0.15, 0.2) is 0 Å². The molecule has 1 N–H and O–H groups in total. The van der Waals surface area contributed by atoms with E-state index in [0.29, 0.717) is 24.4 Å². The normalized spacial score (nSPS) is 16.3. The molecule has 1 aliphatic heterocycles. The Hall–Kier alpha value is -1.64. The van der Waals surface area contributed by atoms with Crippen molar-refractivity contribution < 1.29 is 17.9 Å². The number of likely N-dealkylation sites (tertiary alicyclic amines) is 1. The van der Waals surface area contributed by atoms with Gasteiger partial charge in [-0.05, 0) is 43.9 Å². The van der Waals surface area contributed by atoms with Crippen LogP contribution in [0.5, 0.6) is 0 Å². The average Bonchev–Trinajstić information content (AvgIpc) is 2.61. The Kier molecular flexibility index (Phi) is 6.80. The molecular weight excluding hydrogens is 366 g/mol. The third kappa shape index (κ3) is 5.69. The molecule has 2 heterocycles. The van der Waals surface area contributed by atoms with Gasteiger partial charge in [0.25, 0.3) is 0 Å². The lowest BCUT2D eigenvalue weighted by Crippen LogP contribution is -2.40. The fraction of sp³-hybridized carbons (Fsp3) is 0.500. The van der Waals surface area contributed by atoms with Crippen LogP contribution in [0.2, 0.25) is 0 Å². The molecule has 9 heteroatoms. The molecule has 7 nitrogen and oxygen atoms in total. The highest BCUT2D eigenvalue weighted by atomic mass is 35.5. The summed E-state index contributed by atoms with van der Waals surface area (Å²) in [5, 5.41) is -0.648. The lowest BCUT2D eigenvalue weighted by atomic mass is 10.1. The number of nitrogens with zero attached hydrogens (tertiary/aromatic N) is 2. The number of nitrogens with one attached hydrogen (secondary N) is 1. The van der Waals surface area contributed by atoms with Gasteiger partial charge < -0.3 is 9.64 Å². The van der Waals surface area contributed by atoms with Crippen molar-refractivity contribution in [1.29, 1.82) is 0 Å². The van der Waals surface area contributed by atoms with Crippen LogP contribution in [-0.2, 0) is 14.8 Å². The minimum absolute atomic E-state index is 0.263. The number of hydrogen-bond donors (Lipinski definition) is 1. The zero-order valence-corrected chi connectivity index (χ0v) is 15.6. The van der Waals surface area contributed by atoms with E-state index in [1.807, 2.05) is 0 Å². The minimum Gasteiger partial charge on any atom is -0.423 e. The first kappa shape index (κ1) is 19.7. The SMILES string of the molecule is C=C(C)c1cccc(C(NS(=O)(=O)CCl)OC(=O)N2CCCCC2)n1. The number of sulfonamides is 1. The zero-order valence-electron chi connectivity index (χ0n) is 14.1. The number of aromatic nitrogens is 1. The summed E-state index contributed by atoms with van der Waals surface area (Å²) in [5.74, 6) is 0. The summed E-state index contributed by atoms with van der Waals surface area (Å²) in [6, 6.07) is 5.02. The molecule has 25 heavy (non-hydrogen) atoms. The Morgan fingerprint density at radius 1 is 1.40 bits per heavy atom.